The smallest absolute Gasteiger partial charge is 0.352 e. The van der Waals surface area contributed by atoms with E-state index in [2.05, 4.69) is 20.4 Å². The van der Waals surface area contributed by atoms with E-state index in [0.717, 1.165) is 16.9 Å². The molecule has 1 fully saturated rings. The van der Waals surface area contributed by atoms with Crippen molar-refractivity contribution >= 4 is 57.8 Å². The quantitative estimate of drug-likeness (QED) is 0.294. The summed E-state index contributed by atoms with van der Waals surface area (Å²) in [5.41, 5.74) is 6.89. The fourth-order valence-electron chi connectivity index (χ4n) is 3.34. The van der Waals surface area contributed by atoms with Crippen molar-refractivity contribution in [3.63, 3.8) is 0 Å². The van der Waals surface area contributed by atoms with Crippen LogP contribution < -0.4 is 11.1 Å². The van der Waals surface area contributed by atoms with Gasteiger partial charge in [0.05, 0.1) is 0 Å². The van der Waals surface area contributed by atoms with Gasteiger partial charge in [0.1, 0.15) is 29.9 Å². The van der Waals surface area contributed by atoms with E-state index >= 15 is 0 Å². The molecule has 2 aromatic rings. The van der Waals surface area contributed by atoms with Crippen LogP contribution in [0.3, 0.4) is 0 Å². The molecule has 0 aromatic carbocycles. The van der Waals surface area contributed by atoms with Crippen LogP contribution in [-0.2, 0) is 19.2 Å². The molecule has 33 heavy (non-hydrogen) atoms. The van der Waals surface area contributed by atoms with Gasteiger partial charge in [0.15, 0.2) is 10.8 Å². The molecule has 0 spiro atoms. The van der Waals surface area contributed by atoms with E-state index in [4.69, 9.17) is 10.6 Å². The van der Waals surface area contributed by atoms with Crippen molar-refractivity contribution in [1.82, 2.24) is 20.2 Å². The summed E-state index contributed by atoms with van der Waals surface area (Å²) in [4.78, 5) is 51.6. The van der Waals surface area contributed by atoms with Gasteiger partial charge in [-0.25, -0.2) is 9.78 Å². The number of anilines is 1. The summed E-state index contributed by atoms with van der Waals surface area (Å²) in [5.74, 6) is -2.08. The molecule has 170 valence electrons. The van der Waals surface area contributed by atoms with Crippen molar-refractivity contribution in [3.05, 3.63) is 58.5 Å². The first-order valence-corrected chi connectivity index (χ1v) is 11.5. The normalized spacial score (nSPS) is 20.5. The van der Waals surface area contributed by atoms with Crippen LogP contribution in [0.1, 0.15) is 11.3 Å². The number of carboxylic acids is 1. The van der Waals surface area contributed by atoms with Crippen LogP contribution in [0.5, 0.6) is 0 Å². The van der Waals surface area contributed by atoms with Crippen LogP contribution in [0, 0.1) is 0 Å². The van der Waals surface area contributed by atoms with Gasteiger partial charge < -0.3 is 21.0 Å². The number of nitrogen functional groups attached to an aromatic ring is 1. The number of fused-ring (bicyclic) bond motifs is 1. The van der Waals surface area contributed by atoms with E-state index in [-0.39, 0.29) is 22.2 Å². The Labute approximate surface area is 196 Å². The highest BCUT2D eigenvalue weighted by atomic mass is 32.2. The zero-order chi connectivity index (χ0) is 23.5. The number of β-lactam (4-membered cyclic amide) rings is 1. The van der Waals surface area contributed by atoms with Crippen LogP contribution in [0.25, 0.3) is 6.08 Å². The molecule has 11 nitrogen and oxygen atoms in total. The molecule has 4 heterocycles. The first kappa shape index (κ1) is 22.5. The molecule has 2 aromatic heterocycles. The number of rotatable bonds is 7. The minimum absolute atomic E-state index is 0.104. The van der Waals surface area contributed by atoms with Crippen LogP contribution in [0.4, 0.5) is 5.13 Å². The van der Waals surface area contributed by atoms with E-state index in [1.165, 1.54) is 23.8 Å². The van der Waals surface area contributed by atoms with Gasteiger partial charge in [-0.05, 0) is 17.2 Å². The van der Waals surface area contributed by atoms with Gasteiger partial charge >= 0.3 is 5.97 Å². The summed E-state index contributed by atoms with van der Waals surface area (Å²) in [7, 11) is 1.28. The van der Waals surface area contributed by atoms with Gasteiger partial charge in [-0.15, -0.1) is 23.1 Å². The van der Waals surface area contributed by atoms with Gasteiger partial charge in [0.2, 0.25) is 0 Å². The van der Waals surface area contributed by atoms with Gasteiger partial charge in [-0.2, -0.15) is 0 Å². The van der Waals surface area contributed by atoms with Crippen LogP contribution in [0.2, 0.25) is 0 Å². The number of nitrogens with one attached hydrogen (secondary N) is 1. The molecule has 1 saturated heterocycles. The molecule has 0 aliphatic carbocycles. The summed E-state index contributed by atoms with van der Waals surface area (Å²) >= 11 is 2.48. The topological polar surface area (TPSA) is 160 Å². The Bertz CT molecular complexity index is 1190. The Morgan fingerprint density at radius 3 is 2.88 bits per heavy atom. The monoisotopic (exact) mass is 486 g/mol. The third kappa shape index (κ3) is 4.45. The number of allylic oxidation sites excluding steroid dienone is 1. The molecule has 4 N–H and O–H groups in total. The number of nitrogens with zero attached hydrogens (tertiary/aromatic N) is 4. The third-order valence-corrected chi connectivity index (χ3v) is 6.79. The first-order valence-electron chi connectivity index (χ1n) is 9.53. The number of pyridine rings is 1. The lowest BCUT2D eigenvalue weighted by Crippen LogP contribution is -2.71. The van der Waals surface area contributed by atoms with E-state index in [9.17, 15) is 19.5 Å². The Hall–Kier alpha value is -3.71. The second kappa shape index (κ2) is 9.42. The number of hydrogen-bond acceptors (Lipinski definition) is 10. The molecule has 0 radical (unpaired) electrons. The second-order valence-corrected chi connectivity index (χ2v) is 8.85. The Morgan fingerprint density at radius 2 is 2.24 bits per heavy atom. The summed E-state index contributed by atoms with van der Waals surface area (Å²) < 4.78 is 0. The Kier molecular flexibility index (Phi) is 6.42. The van der Waals surface area contributed by atoms with Crippen molar-refractivity contribution in [2.45, 2.75) is 11.4 Å². The zero-order valence-electron chi connectivity index (χ0n) is 17.2. The molecule has 13 heteroatoms. The fraction of sp³-hybridized carbons (Fsp3) is 0.200. The first-order chi connectivity index (χ1) is 15.9. The Balaban J connectivity index is 1.53. The van der Waals surface area contributed by atoms with Crippen molar-refractivity contribution in [2.75, 3.05) is 18.6 Å². The molecule has 2 aliphatic rings. The molecule has 0 bridgehead atoms. The largest absolute Gasteiger partial charge is 0.477 e. The maximum atomic E-state index is 12.8. The van der Waals surface area contributed by atoms with Crippen LogP contribution in [-0.4, -0.2) is 67.7 Å². The summed E-state index contributed by atoms with van der Waals surface area (Å²) in [6, 6.07) is 2.68. The highest BCUT2D eigenvalue weighted by molar-refractivity contribution is 8.00. The fourth-order valence-corrected chi connectivity index (χ4v) is 5.21. The summed E-state index contributed by atoms with van der Waals surface area (Å²) in [5, 5.41) is 17.3. The molecular weight excluding hydrogens is 468 g/mol. The number of carbonyl (C=O) groups is 3. The van der Waals surface area contributed by atoms with Gasteiger partial charge in [-0.1, -0.05) is 23.4 Å². The summed E-state index contributed by atoms with van der Waals surface area (Å²) in [6.45, 7) is 0. The van der Waals surface area contributed by atoms with Crippen molar-refractivity contribution < 1.29 is 24.3 Å². The third-order valence-electron chi connectivity index (χ3n) is 4.81. The second-order valence-electron chi connectivity index (χ2n) is 6.85. The van der Waals surface area contributed by atoms with Gasteiger partial charge in [-0.3, -0.25) is 19.5 Å². The predicted octanol–water partition coefficient (Wildman–Crippen LogP) is 0.923. The highest BCUT2D eigenvalue weighted by Gasteiger charge is 2.54. The highest BCUT2D eigenvalue weighted by Crippen LogP contribution is 2.40. The number of nitrogens with two attached hydrogens (primary N) is 1. The maximum Gasteiger partial charge on any atom is 0.352 e. The number of thioether (sulfide) groups is 1. The maximum absolute atomic E-state index is 12.8. The van der Waals surface area contributed by atoms with Crippen LogP contribution >= 0.6 is 23.1 Å². The minimum atomic E-state index is -1.22. The molecule has 2 aliphatic heterocycles. The number of amides is 2. The molecule has 0 saturated carbocycles. The SMILES string of the molecule is CO/N=C(\C(=O)N[C@@H]1C(=O)N2C(C(=O)O)=C(/C=C\c3cccnc3)CS[C@H]12)c1csc(N)n1. The van der Waals surface area contributed by atoms with E-state index in [1.807, 2.05) is 6.07 Å². The number of thiazole rings is 1. The minimum Gasteiger partial charge on any atom is -0.477 e. The average Bonchev–Trinajstić information content (AvgIpc) is 3.25. The Morgan fingerprint density at radius 1 is 1.42 bits per heavy atom. The van der Waals surface area contributed by atoms with Crippen molar-refractivity contribution in [1.29, 1.82) is 0 Å². The van der Waals surface area contributed by atoms with Crippen molar-refractivity contribution in [3.8, 4) is 0 Å². The number of aromatic nitrogens is 2. The molecule has 0 unspecified atom stereocenters. The molecule has 2 atom stereocenters. The lowest BCUT2D eigenvalue weighted by molar-refractivity contribution is -0.150. The van der Waals surface area contributed by atoms with Gasteiger partial charge in [0.25, 0.3) is 11.8 Å². The van der Waals surface area contributed by atoms with Crippen molar-refractivity contribution in [2.24, 2.45) is 5.16 Å². The average molecular weight is 487 g/mol. The summed E-state index contributed by atoms with van der Waals surface area (Å²) in [6.07, 6.45) is 6.69. The molecular formula is C20H18N6O5S2. The predicted molar refractivity (Wildman–Crippen MR) is 123 cm³/mol. The van der Waals surface area contributed by atoms with E-state index < -0.39 is 29.2 Å². The van der Waals surface area contributed by atoms with Gasteiger partial charge in [0, 0.05) is 23.5 Å². The lowest BCUT2D eigenvalue weighted by atomic mass is 10.0. The number of carbonyl (C=O) groups excluding carboxylic acids is 2. The number of hydrogen-bond donors (Lipinski definition) is 3. The standard InChI is InChI=1S/C20H18N6O5S2/c1-31-25-13(12-9-33-20(21)23-12)16(27)24-14-17(28)26-15(19(29)30)11(8-32-18(14)26)5-4-10-3-2-6-22-7-10/h2-7,9,14,18H,8H2,1H3,(H2,21,23)(H,24,27)(H,29,30)/b5-4-,25-13-/t14-,18-/m1/s1. The van der Waals surface area contributed by atoms with Crippen LogP contribution in [0.15, 0.2) is 52.4 Å². The molecule has 4 rings (SSSR count). The number of oxime groups is 1. The van der Waals surface area contributed by atoms with E-state index in [0.29, 0.717) is 11.3 Å². The van der Waals surface area contributed by atoms with E-state index in [1.54, 1.807) is 36.0 Å². The number of carboxylic acid groups (broad SMARTS) is 1. The lowest BCUT2D eigenvalue weighted by Gasteiger charge is -2.49. The zero-order valence-corrected chi connectivity index (χ0v) is 18.8. The number of aliphatic carboxylic acids is 1. The molecule has 2 amide bonds.